The van der Waals surface area contributed by atoms with Gasteiger partial charge in [-0.05, 0) is 31.1 Å². The van der Waals surface area contributed by atoms with Crippen molar-refractivity contribution in [2.24, 2.45) is 11.8 Å². The van der Waals surface area contributed by atoms with E-state index in [0.29, 0.717) is 13.2 Å². The maximum atomic E-state index is 11.8. The van der Waals surface area contributed by atoms with Crippen molar-refractivity contribution in [1.29, 1.82) is 0 Å². The first-order valence-electron chi connectivity index (χ1n) is 7.79. The van der Waals surface area contributed by atoms with E-state index in [2.05, 4.69) is 5.32 Å². The molecule has 1 amide bonds. The molecule has 0 unspecified atom stereocenters. The molecular weight excluding hydrogens is 242 g/mol. The van der Waals surface area contributed by atoms with Crippen molar-refractivity contribution in [3.8, 4) is 0 Å². The topological polar surface area (TPSA) is 58.6 Å². The van der Waals surface area contributed by atoms with E-state index in [1.807, 2.05) is 0 Å². The Morgan fingerprint density at radius 2 is 2.00 bits per heavy atom. The number of hydrogen-bond acceptors (Lipinski definition) is 3. The van der Waals surface area contributed by atoms with Crippen molar-refractivity contribution in [3.05, 3.63) is 0 Å². The van der Waals surface area contributed by atoms with Gasteiger partial charge < -0.3 is 15.2 Å². The first kappa shape index (κ1) is 14.8. The van der Waals surface area contributed by atoms with Crippen LogP contribution in [0.25, 0.3) is 0 Å². The molecule has 19 heavy (non-hydrogen) atoms. The second-order valence-corrected chi connectivity index (χ2v) is 6.04. The molecule has 2 N–H and O–H groups in total. The third-order valence-electron chi connectivity index (χ3n) is 4.44. The van der Waals surface area contributed by atoms with Crippen LogP contribution in [0, 0.1) is 11.8 Å². The second kappa shape index (κ2) is 7.85. The molecule has 2 fully saturated rings. The fourth-order valence-corrected chi connectivity index (χ4v) is 3.26. The van der Waals surface area contributed by atoms with Crippen LogP contribution in [-0.4, -0.2) is 36.9 Å². The third-order valence-corrected chi connectivity index (χ3v) is 4.44. The largest absolute Gasteiger partial charge is 0.396 e. The number of hydrogen-bond donors (Lipinski definition) is 2. The Hall–Kier alpha value is -0.610. The lowest BCUT2D eigenvalue weighted by Gasteiger charge is -2.26. The quantitative estimate of drug-likeness (QED) is 0.774. The fourth-order valence-electron chi connectivity index (χ4n) is 3.26. The summed E-state index contributed by atoms with van der Waals surface area (Å²) in [6, 6.07) is 0. The fraction of sp³-hybridized carbons (Fsp3) is 0.933. The van der Waals surface area contributed by atoms with Crippen LogP contribution in [0.3, 0.4) is 0 Å². The Kier molecular flexibility index (Phi) is 6.11. The van der Waals surface area contributed by atoms with Crippen LogP contribution in [0.2, 0.25) is 0 Å². The minimum absolute atomic E-state index is 0.000376. The lowest BCUT2D eigenvalue weighted by molar-refractivity contribution is -0.130. The van der Waals surface area contributed by atoms with Gasteiger partial charge in [-0.25, -0.2) is 0 Å². The van der Waals surface area contributed by atoms with E-state index in [1.54, 1.807) is 0 Å². The average Bonchev–Trinajstić information content (AvgIpc) is 2.98. The Morgan fingerprint density at radius 3 is 2.63 bits per heavy atom. The molecule has 0 bridgehead atoms. The molecule has 2 atom stereocenters. The number of nitrogens with one attached hydrogen (secondary N) is 1. The van der Waals surface area contributed by atoms with Crippen molar-refractivity contribution in [2.75, 3.05) is 19.8 Å². The van der Waals surface area contributed by atoms with Gasteiger partial charge in [-0.2, -0.15) is 0 Å². The molecule has 0 spiro atoms. The van der Waals surface area contributed by atoms with Gasteiger partial charge in [0.05, 0.1) is 0 Å². The van der Waals surface area contributed by atoms with E-state index in [-0.39, 0.29) is 24.5 Å². The molecule has 0 radical (unpaired) electrons. The first-order valence-corrected chi connectivity index (χ1v) is 7.79. The van der Waals surface area contributed by atoms with Crippen LogP contribution in [0.1, 0.15) is 51.4 Å². The Labute approximate surface area is 115 Å². The monoisotopic (exact) mass is 269 g/mol. The van der Waals surface area contributed by atoms with Gasteiger partial charge in [0.25, 0.3) is 0 Å². The molecule has 110 valence electrons. The van der Waals surface area contributed by atoms with Gasteiger partial charge in [0.1, 0.15) is 6.10 Å². The highest BCUT2D eigenvalue weighted by Crippen LogP contribution is 2.28. The number of amides is 1. The van der Waals surface area contributed by atoms with E-state index in [4.69, 9.17) is 4.74 Å². The summed E-state index contributed by atoms with van der Waals surface area (Å²) < 4.78 is 5.36. The molecule has 1 heterocycles. The van der Waals surface area contributed by atoms with Gasteiger partial charge in [-0.15, -0.1) is 0 Å². The van der Waals surface area contributed by atoms with Gasteiger partial charge in [-0.1, -0.05) is 32.1 Å². The van der Waals surface area contributed by atoms with Crippen molar-refractivity contribution in [3.63, 3.8) is 0 Å². The molecule has 4 heteroatoms. The van der Waals surface area contributed by atoms with Gasteiger partial charge in [-0.3, -0.25) is 4.79 Å². The predicted molar refractivity (Wildman–Crippen MR) is 73.8 cm³/mol. The molecule has 0 aromatic carbocycles. The van der Waals surface area contributed by atoms with Crippen molar-refractivity contribution in [1.82, 2.24) is 5.32 Å². The van der Waals surface area contributed by atoms with Gasteiger partial charge >= 0.3 is 0 Å². The van der Waals surface area contributed by atoms with Crippen molar-refractivity contribution >= 4 is 5.91 Å². The van der Waals surface area contributed by atoms with Gasteiger partial charge in [0.15, 0.2) is 0 Å². The molecule has 0 aromatic heterocycles. The van der Waals surface area contributed by atoms with E-state index < -0.39 is 0 Å². The molecule has 1 saturated carbocycles. The molecule has 4 nitrogen and oxygen atoms in total. The van der Waals surface area contributed by atoms with E-state index in [0.717, 1.165) is 25.2 Å². The Morgan fingerprint density at radius 1 is 1.21 bits per heavy atom. The molecule has 2 aliphatic rings. The minimum atomic E-state index is -0.256. The van der Waals surface area contributed by atoms with E-state index >= 15 is 0 Å². The summed E-state index contributed by atoms with van der Waals surface area (Å²) in [7, 11) is 0. The van der Waals surface area contributed by atoms with E-state index in [9.17, 15) is 9.90 Å². The summed E-state index contributed by atoms with van der Waals surface area (Å²) in [4.78, 5) is 11.8. The SMILES string of the molecule is O=C(NC[C@@H](CO)CC1CCCCC1)[C@@H]1CCCO1. The number of rotatable bonds is 6. The summed E-state index contributed by atoms with van der Waals surface area (Å²) in [6.07, 6.45) is 9.18. The average molecular weight is 269 g/mol. The zero-order valence-electron chi connectivity index (χ0n) is 11.8. The number of aliphatic hydroxyl groups excluding tert-OH is 1. The second-order valence-electron chi connectivity index (χ2n) is 6.04. The van der Waals surface area contributed by atoms with Crippen LogP contribution in [0.5, 0.6) is 0 Å². The molecule has 0 aromatic rings. The standard InChI is InChI=1S/C15H27NO3/c17-11-13(9-12-5-2-1-3-6-12)10-16-15(18)14-7-4-8-19-14/h12-14,17H,1-11H2,(H,16,18)/t13-,14-/m0/s1. The van der Waals surface area contributed by atoms with Crippen LogP contribution in [-0.2, 0) is 9.53 Å². The molecule has 1 aliphatic heterocycles. The third kappa shape index (κ3) is 4.77. The summed E-state index contributed by atoms with van der Waals surface area (Å²) in [5, 5.41) is 12.4. The highest BCUT2D eigenvalue weighted by molar-refractivity contribution is 5.80. The molecular formula is C15H27NO3. The number of aliphatic hydroxyl groups is 1. The summed E-state index contributed by atoms with van der Waals surface area (Å²) in [6.45, 7) is 1.46. The highest BCUT2D eigenvalue weighted by Gasteiger charge is 2.24. The number of ether oxygens (including phenoxy) is 1. The summed E-state index contributed by atoms with van der Waals surface area (Å²) >= 11 is 0. The normalized spacial score (nSPS) is 26.3. The highest BCUT2D eigenvalue weighted by atomic mass is 16.5. The van der Waals surface area contributed by atoms with Crippen LogP contribution in [0.4, 0.5) is 0 Å². The number of carbonyl (C=O) groups excluding carboxylic acids is 1. The lowest BCUT2D eigenvalue weighted by Crippen LogP contribution is -2.38. The van der Waals surface area contributed by atoms with Crippen LogP contribution < -0.4 is 5.32 Å². The van der Waals surface area contributed by atoms with Crippen LogP contribution in [0.15, 0.2) is 0 Å². The Balaban J connectivity index is 1.67. The van der Waals surface area contributed by atoms with Crippen molar-refractivity contribution < 1.29 is 14.6 Å². The zero-order chi connectivity index (χ0) is 13.5. The van der Waals surface area contributed by atoms with Crippen molar-refractivity contribution in [2.45, 2.75) is 57.5 Å². The summed E-state index contributed by atoms with van der Waals surface area (Å²) in [5.74, 6) is 0.943. The summed E-state index contributed by atoms with van der Waals surface area (Å²) in [5.41, 5.74) is 0. The van der Waals surface area contributed by atoms with Gasteiger partial charge in [0, 0.05) is 19.8 Å². The molecule has 1 saturated heterocycles. The zero-order valence-corrected chi connectivity index (χ0v) is 11.8. The minimum Gasteiger partial charge on any atom is -0.396 e. The van der Waals surface area contributed by atoms with Gasteiger partial charge in [0.2, 0.25) is 5.91 Å². The smallest absolute Gasteiger partial charge is 0.249 e. The molecule has 2 rings (SSSR count). The number of carbonyl (C=O) groups is 1. The first-order chi connectivity index (χ1) is 9.29. The lowest BCUT2D eigenvalue weighted by atomic mass is 9.83. The molecule has 1 aliphatic carbocycles. The Bertz CT molecular complexity index is 271. The maximum absolute atomic E-state index is 11.8. The maximum Gasteiger partial charge on any atom is 0.249 e. The predicted octanol–water partition coefficient (Wildman–Crippen LogP) is 1.86. The van der Waals surface area contributed by atoms with Crippen LogP contribution >= 0.6 is 0 Å². The van der Waals surface area contributed by atoms with E-state index in [1.165, 1.54) is 32.1 Å².